The highest BCUT2D eigenvalue weighted by molar-refractivity contribution is 6.99. The zero-order chi connectivity index (χ0) is 25.1. The van der Waals surface area contributed by atoms with E-state index < -0.39 is 50.2 Å². The minimum absolute atomic E-state index is 0.123. The van der Waals surface area contributed by atoms with E-state index in [0.29, 0.717) is 6.08 Å². The van der Waals surface area contributed by atoms with Crippen LogP contribution in [0.3, 0.4) is 0 Å². The Morgan fingerprint density at radius 1 is 0.941 bits per heavy atom. The van der Waals surface area contributed by atoms with Crippen LogP contribution in [0.2, 0.25) is 5.04 Å². The summed E-state index contributed by atoms with van der Waals surface area (Å²) in [4.78, 5) is 22.6. The van der Waals surface area contributed by atoms with Crippen LogP contribution in [0.5, 0.6) is 0 Å². The zero-order valence-corrected chi connectivity index (χ0v) is 20.3. The molecule has 3 rings (SSSR count). The first-order chi connectivity index (χ1) is 16.0. The summed E-state index contributed by atoms with van der Waals surface area (Å²) in [6, 6.07) is 19.6. The molecule has 0 saturated carbocycles. The van der Waals surface area contributed by atoms with Crippen molar-refractivity contribution in [2.24, 2.45) is 0 Å². The van der Waals surface area contributed by atoms with Crippen molar-refractivity contribution in [3.05, 3.63) is 72.3 Å². The number of aliphatic hydroxyl groups is 2. The number of hydrogen-bond donors (Lipinski definition) is 4. The Hall–Kier alpha value is -2.82. The van der Waals surface area contributed by atoms with Crippen LogP contribution in [0, 0.1) is 0 Å². The number of carboxylic acids is 2. The van der Waals surface area contributed by atoms with Gasteiger partial charge in [-0.3, -0.25) is 0 Å². The molecule has 1 fully saturated rings. The van der Waals surface area contributed by atoms with Gasteiger partial charge in [0.1, 0.15) is 24.4 Å². The maximum atomic E-state index is 11.6. The van der Waals surface area contributed by atoms with Gasteiger partial charge < -0.3 is 29.6 Å². The van der Waals surface area contributed by atoms with Crippen molar-refractivity contribution in [1.82, 2.24) is 0 Å². The fourth-order valence-electron chi connectivity index (χ4n) is 4.51. The fraction of sp³-hybridized carbons (Fsp3) is 0.360. The molecule has 0 radical (unpaired) electrons. The molecule has 1 saturated heterocycles. The van der Waals surface area contributed by atoms with Crippen LogP contribution in [0.4, 0.5) is 0 Å². The third-order valence-corrected chi connectivity index (χ3v) is 11.1. The number of benzene rings is 2. The van der Waals surface area contributed by atoms with Gasteiger partial charge in [0, 0.05) is 6.08 Å². The summed E-state index contributed by atoms with van der Waals surface area (Å²) in [6.45, 7) is 6.13. The Kier molecular flexibility index (Phi) is 7.74. The summed E-state index contributed by atoms with van der Waals surface area (Å²) in [7, 11) is -2.96. The second-order valence-electron chi connectivity index (χ2n) is 9.29. The summed E-state index contributed by atoms with van der Waals surface area (Å²) in [6.07, 6.45) is -5.17. The first-order valence-corrected chi connectivity index (χ1v) is 12.8. The van der Waals surface area contributed by atoms with Crippen LogP contribution in [-0.2, 0) is 18.8 Å². The van der Waals surface area contributed by atoms with Crippen molar-refractivity contribution in [2.75, 3.05) is 6.61 Å². The van der Waals surface area contributed by atoms with Crippen LogP contribution in [-0.4, -0.2) is 71.7 Å². The molecule has 1 aliphatic heterocycles. The Balaban J connectivity index is 1.98. The van der Waals surface area contributed by atoms with Gasteiger partial charge in [0.05, 0.1) is 12.2 Å². The Labute approximate surface area is 199 Å². The van der Waals surface area contributed by atoms with E-state index in [2.05, 4.69) is 20.8 Å². The maximum absolute atomic E-state index is 11.6. The summed E-state index contributed by atoms with van der Waals surface area (Å²) in [5, 5.41) is 41.2. The second-order valence-corrected chi connectivity index (χ2v) is 13.6. The van der Waals surface area contributed by atoms with Gasteiger partial charge in [-0.25, -0.2) is 9.59 Å². The van der Waals surface area contributed by atoms with Gasteiger partial charge in [0.15, 0.2) is 0 Å². The highest BCUT2D eigenvalue weighted by atomic mass is 28.4. The molecule has 2 aromatic carbocycles. The normalized spacial score (nSPS) is 23.6. The Morgan fingerprint density at radius 3 is 1.85 bits per heavy atom. The van der Waals surface area contributed by atoms with Crippen molar-refractivity contribution in [1.29, 1.82) is 0 Å². The van der Waals surface area contributed by atoms with Crippen molar-refractivity contribution in [2.45, 2.75) is 50.2 Å². The molecule has 8 nitrogen and oxygen atoms in total. The first-order valence-electron chi connectivity index (χ1n) is 10.9. The van der Waals surface area contributed by atoms with E-state index in [0.717, 1.165) is 10.4 Å². The van der Waals surface area contributed by atoms with E-state index in [4.69, 9.17) is 14.3 Å². The average Bonchev–Trinajstić information content (AvgIpc) is 3.06. The number of hydrogen-bond acceptors (Lipinski definition) is 6. The van der Waals surface area contributed by atoms with E-state index in [1.54, 1.807) is 0 Å². The lowest BCUT2D eigenvalue weighted by Gasteiger charge is -2.43. The van der Waals surface area contributed by atoms with Crippen LogP contribution in [0.1, 0.15) is 20.8 Å². The fourth-order valence-corrected chi connectivity index (χ4v) is 9.08. The topological polar surface area (TPSA) is 134 Å². The highest BCUT2D eigenvalue weighted by Gasteiger charge is 2.52. The highest BCUT2D eigenvalue weighted by Crippen LogP contribution is 2.37. The van der Waals surface area contributed by atoms with Gasteiger partial charge in [-0.05, 0) is 15.4 Å². The molecule has 1 heterocycles. The van der Waals surface area contributed by atoms with Gasteiger partial charge in [0.25, 0.3) is 8.32 Å². The monoisotopic (exact) mass is 486 g/mol. The van der Waals surface area contributed by atoms with E-state index in [1.807, 2.05) is 60.7 Å². The molecule has 9 heteroatoms. The van der Waals surface area contributed by atoms with Gasteiger partial charge in [-0.1, -0.05) is 81.4 Å². The minimum Gasteiger partial charge on any atom is -0.478 e. The summed E-state index contributed by atoms with van der Waals surface area (Å²) in [5.41, 5.74) is -0.646. The number of aliphatic carboxylic acids is 2. The molecule has 1 aliphatic rings. The molecular formula is C25H30O8Si. The molecule has 0 spiro atoms. The van der Waals surface area contributed by atoms with E-state index in [1.165, 1.54) is 0 Å². The summed E-state index contributed by atoms with van der Waals surface area (Å²) in [5.74, 6) is -3.04. The molecule has 34 heavy (non-hydrogen) atoms. The molecule has 0 aromatic heterocycles. The quantitative estimate of drug-likeness (QED) is 0.323. The molecular weight excluding hydrogens is 456 g/mol. The first kappa shape index (κ1) is 25.8. The number of rotatable bonds is 8. The second kappa shape index (κ2) is 10.2. The number of ether oxygens (including phenoxy) is 1. The number of carbonyl (C=O) groups is 2. The molecule has 4 N–H and O–H groups in total. The molecule has 4 atom stereocenters. The predicted molar refractivity (Wildman–Crippen MR) is 128 cm³/mol. The van der Waals surface area contributed by atoms with Gasteiger partial charge in [-0.15, -0.1) is 0 Å². The zero-order valence-electron chi connectivity index (χ0n) is 19.3. The lowest BCUT2D eigenvalue weighted by molar-refractivity contribution is -0.137. The summed E-state index contributed by atoms with van der Waals surface area (Å²) >= 11 is 0. The molecule has 0 amide bonds. The number of aliphatic hydroxyl groups excluding tert-OH is 2. The van der Waals surface area contributed by atoms with Crippen molar-refractivity contribution >= 4 is 30.6 Å². The molecule has 0 unspecified atom stereocenters. The minimum atomic E-state index is -2.96. The largest absolute Gasteiger partial charge is 0.478 e. The van der Waals surface area contributed by atoms with E-state index in [9.17, 15) is 24.9 Å². The van der Waals surface area contributed by atoms with Crippen LogP contribution >= 0.6 is 0 Å². The van der Waals surface area contributed by atoms with Crippen LogP contribution in [0.15, 0.2) is 72.3 Å². The molecule has 0 bridgehead atoms. The van der Waals surface area contributed by atoms with Crippen molar-refractivity contribution in [3.63, 3.8) is 0 Å². The SMILES string of the molecule is CC(C)(C)[Si](OC[C@H]1O[C@@H](/C(=C/C(=O)O)C(=O)O)[C@H](O)[C@@H]1O)(c1ccccc1)c1ccccc1. The lowest BCUT2D eigenvalue weighted by atomic mass is 10.0. The third kappa shape index (κ3) is 4.98. The predicted octanol–water partition coefficient (Wildman–Crippen LogP) is 1.15. The van der Waals surface area contributed by atoms with Gasteiger partial charge in [0.2, 0.25) is 0 Å². The molecule has 182 valence electrons. The Morgan fingerprint density at radius 2 is 1.44 bits per heavy atom. The van der Waals surface area contributed by atoms with E-state index >= 15 is 0 Å². The maximum Gasteiger partial charge on any atom is 0.334 e. The third-order valence-electron chi connectivity index (χ3n) is 6.08. The van der Waals surface area contributed by atoms with E-state index in [-0.39, 0.29) is 11.6 Å². The van der Waals surface area contributed by atoms with Crippen molar-refractivity contribution in [3.8, 4) is 0 Å². The van der Waals surface area contributed by atoms with Crippen molar-refractivity contribution < 1.29 is 39.2 Å². The number of carboxylic acid groups (broad SMARTS) is 2. The van der Waals surface area contributed by atoms with Gasteiger partial charge >= 0.3 is 11.9 Å². The standard InChI is InChI=1S/C25H30O8Si/c1-25(2,3)34(16-10-6-4-7-11-16,17-12-8-5-9-13-17)32-15-19-21(28)22(29)23(33-19)18(24(30)31)14-20(26)27/h4-14,19,21-23,28-29H,15H2,1-3H3,(H,26,27)(H,30,31)/b18-14-/t19-,21-,22-,23+/m1/s1. The summed E-state index contributed by atoms with van der Waals surface area (Å²) < 4.78 is 12.4. The van der Waals surface area contributed by atoms with Crippen LogP contribution in [0.25, 0.3) is 0 Å². The lowest BCUT2D eigenvalue weighted by Crippen LogP contribution is -2.67. The molecule has 2 aromatic rings. The average molecular weight is 487 g/mol. The van der Waals surface area contributed by atoms with Gasteiger partial charge in [-0.2, -0.15) is 0 Å². The molecule has 0 aliphatic carbocycles. The Bertz CT molecular complexity index is 992. The van der Waals surface area contributed by atoms with Crippen LogP contribution < -0.4 is 10.4 Å². The smallest absolute Gasteiger partial charge is 0.334 e.